The number of carbonyl (C=O) groups excluding carboxylic acids is 2. The number of ether oxygens (including phenoxy) is 1. The first-order valence-corrected chi connectivity index (χ1v) is 8.95. The minimum absolute atomic E-state index is 0.0596. The first-order valence-electron chi connectivity index (χ1n) is 7.37. The number of ketones is 1. The third-order valence-corrected chi connectivity index (χ3v) is 5.55. The third-order valence-electron chi connectivity index (χ3n) is 3.88. The average Bonchev–Trinajstić information content (AvgIpc) is 2.39. The molecule has 1 saturated carbocycles. The normalized spacial score (nSPS) is 29.2. The molecule has 120 valence electrons. The van der Waals surface area contributed by atoms with Crippen molar-refractivity contribution in [2.75, 3.05) is 5.75 Å². The topological polar surface area (TPSA) is 43.4 Å². The van der Waals surface area contributed by atoms with Gasteiger partial charge in [-0.1, -0.05) is 20.4 Å². The Balaban J connectivity index is 2.89. The van der Waals surface area contributed by atoms with Crippen LogP contribution in [0.5, 0.6) is 0 Å². The quantitative estimate of drug-likeness (QED) is 0.458. The number of esters is 1. The van der Waals surface area contributed by atoms with E-state index in [0.717, 1.165) is 12.8 Å². The van der Waals surface area contributed by atoms with Gasteiger partial charge in [-0.15, -0.1) is 0 Å². The predicted molar refractivity (Wildman–Crippen MR) is 92.0 cm³/mol. The van der Waals surface area contributed by atoms with Gasteiger partial charge in [0.15, 0.2) is 0 Å². The Hall–Kier alpha value is -0.420. The SMILES string of the molecule is C=C(C)C(=O)OC1(C)CCC(SC(C)C)CC1C(=O)CS. The van der Waals surface area contributed by atoms with Gasteiger partial charge in [-0.3, -0.25) is 4.79 Å². The first-order chi connectivity index (χ1) is 9.69. The molecule has 3 nitrogen and oxygen atoms in total. The number of thiol groups is 1. The fourth-order valence-corrected chi connectivity index (χ4v) is 4.31. The summed E-state index contributed by atoms with van der Waals surface area (Å²) >= 11 is 6.02. The number of hydrogen-bond donors (Lipinski definition) is 1. The Morgan fingerprint density at radius 2 is 2.10 bits per heavy atom. The fourth-order valence-electron chi connectivity index (χ4n) is 2.76. The second-order valence-electron chi connectivity index (χ2n) is 6.24. The molecule has 5 heteroatoms. The molecule has 3 unspecified atom stereocenters. The van der Waals surface area contributed by atoms with E-state index in [1.165, 1.54) is 0 Å². The number of thioether (sulfide) groups is 1. The van der Waals surface area contributed by atoms with E-state index >= 15 is 0 Å². The standard InChI is InChI=1S/C16H26O3S2/c1-10(2)15(18)19-16(5)7-6-12(21-11(3)4)8-13(16)14(17)9-20/h11-13,20H,1,6-9H2,2-5H3. The molecule has 3 atom stereocenters. The van der Waals surface area contributed by atoms with Crippen molar-refractivity contribution in [3.63, 3.8) is 0 Å². The van der Waals surface area contributed by atoms with Gasteiger partial charge in [0, 0.05) is 16.6 Å². The molecule has 0 amide bonds. The van der Waals surface area contributed by atoms with Crippen molar-refractivity contribution in [2.45, 2.75) is 63.1 Å². The van der Waals surface area contributed by atoms with E-state index in [1.54, 1.807) is 6.92 Å². The van der Waals surface area contributed by atoms with Crippen LogP contribution in [0.25, 0.3) is 0 Å². The summed E-state index contributed by atoms with van der Waals surface area (Å²) in [5, 5.41) is 0.972. The van der Waals surface area contributed by atoms with Gasteiger partial charge in [0.25, 0.3) is 0 Å². The van der Waals surface area contributed by atoms with E-state index < -0.39 is 11.6 Å². The monoisotopic (exact) mass is 330 g/mol. The smallest absolute Gasteiger partial charge is 0.333 e. The van der Waals surface area contributed by atoms with Gasteiger partial charge < -0.3 is 4.74 Å². The summed E-state index contributed by atoms with van der Waals surface area (Å²) in [6.07, 6.45) is 2.42. The van der Waals surface area contributed by atoms with Crippen molar-refractivity contribution in [1.29, 1.82) is 0 Å². The highest BCUT2D eigenvalue weighted by atomic mass is 32.2. The lowest BCUT2D eigenvalue weighted by Gasteiger charge is -2.43. The molecule has 0 spiro atoms. The summed E-state index contributed by atoms with van der Waals surface area (Å²) in [4.78, 5) is 24.1. The molecule has 0 saturated heterocycles. The zero-order valence-corrected chi connectivity index (χ0v) is 15.1. The van der Waals surface area contributed by atoms with Crippen LogP contribution in [0.2, 0.25) is 0 Å². The van der Waals surface area contributed by atoms with Crippen LogP contribution in [0, 0.1) is 5.92 Å². The molecule has 1 rings (SSSR count). The number of Topliss-reactive ketones (excluding diaryl/α,β-unsaturated/α-hetero) is 1. The fraction of sp³-hybridized carbons (Fsp3) is 0.750. The summed E-state index contributed by atoms with van der Waals surface area (Å²) in [7, 11) is 0. The third kappa shape index (κ3) is 5.06. The maximum Gasteiger partial charge on any atom is 0.333 e. The number of rotatable bonds is 6. The van der Waals surface area contributed by atoms with Gasteiger partial charge in [0.05, 0.1) is 5.92 Å². The molecule has 0 N–H and O–H groups in total. The van der Waals surface area contributed by atoms with Gasteiger partial charge in [-0.25, -0.2) is 4.79 Å². The van der Waals surface area contributed by atoms with Crippen molar-refractivity contribution in [2.24, 2.45) is 5.92 Å². The average molecular weight is 331 g/mol. The minimum Gasteiger partial charge on any atom is -0.455 e. The van der Waals surface area contributed by atoms with Crippen molar-refractivity contribution >= 4 is 36.1 Å². The molecule has 0 aromatic rings. The Labute approximate surface area is 137 Å². The molecular weight excluding hydrogens is 304 g/mol. The summed E-state index contributed by atoms with van der Waals surface area (Å²) in [6, 6.07) is 0. The van der Waals surface area contributed by atoms with Crippen LogP contribution in [-0.4, -0.2) is 33.6 Å². The Kier molecular flexibility index (Phi) is 6.85. The Bertz CT molecular complexity index is 420. The largest absolute Gasteiger partial charge is 0.455 e. The summed E-state index contributed by atoms with van der Waals surface area (Å²) in [5.74, 6) is -0.443. The van der Waals surface area contributed by atoms with Crippen molar-refractivity contribution < 1.29 is 14.3 Å². The van der Waals surface area contributed by atoms with E-state index in [4.69, 9.17) is 4.74 Å². The van der Waals surface area contributed by atoms with E-state index in [-0.39, 0.29) is 17.5 Å². The van der Waals surface area contributed by atoms with Crippen molar-refractivity contribution in [3.05, 3.63) is 12.2 Å². The lowest BCUT2D eigenvalue weighted by atomic mass is 9.74. The molecule has 21 heavy (non-hydrogen) atoms. The summed E-state index contributed by atoms with van der Waals surface area (Å²) < 4.78 is 5.63. The van der Waals surface area contributed by atoms with Crippen LogP contribution < -0.4 is 0 Å². The molecular formula is C16H26O3S2. The van der Waals surface area contributed by atoms with Gasteiger partial charge >= 0.3 is 5.97 Å². The highest BCUT2D eigenvalue weighted by Crippen LogP contribution is 2.42. The molecule has 0 aromatic heterocycles. The maximum absolute atomic E-state index is 12.3. The molecule has 1 fully saturated rings. The zero-order valence-electron chi connectivity index (χ0n) is 13.3. The number of carbonyl (C=O) groups is 2. The van der Waals surface area contributed by atoms with Gasteiger partial charge in [0.2, 0.25) is 0 Å². The van der Waals surface area contributed by atoms with Crippen LogP contribution in [0.15, 0.2) is 12.2 Å². The molecule has 0 aliphatic heterocycles. The van der Waals surface area contributed by atoms with Crippen molar-refractivity contribution in [3.8, 4) is 0 Å². The van der Waals surface area contributed by atoms with E-state index in [9.17, 15) is 9.59 Å². The van der Waals surface area contributed by atoms with Crippen LogP contribution in [-0.2, 0) is 14.3 Å². The summed E-state index contributed by atoms with van der Waals surface area (Å²) in [6.45, 7) is 11.4. The van der Waals surface area contributed by atoms with E-state index in [2.05, 4.69) is 33.1 Å². The predicted octanol–water partition coefficient (Wildman–Crippen LogP) is 3.67. The van der Waals surface area contributed by atoms with Crippen LogP contribution in [0.4, 0.5) is 0 Å². The summed E-state index contributed by atoms with van der Waals surface area (Å²) in [5.41, 5.74) is -0.365. The molecule has 0 radical (unpaired) electrons. The van der Waals surface area contributed by atoms with Crippen LogP contribution >= 0.6 is 24.4 Å². The second kappa shape index (κ2) is 7.73. The molecule has 0 heterocycles. The molecule has 0 bridgehead atoms. The minimum atomic E-state index is -0.732. The molecule has 0 aromatic carbocycles. The Morgan fingerprint density at radius 3 is 2.57 bits per heavy atom. The van der Waals surface area contributed by atoms with Crippen LogP contribution in [0.1, 0.15) is 47.0 Å². The van der Waals surface area contributed by atoms with E-state index in [0.29, 0.717) is 22.5 Å². The highest BCUT2D eigenvalue weighted by Gasteiger charge is 2.46. The highest BCUT2D eigenvalue weighted by molar-refractivity contribution is 8.00. The van der Waals surface area contributed by atoms with Crippen molar-refractivity contribution in [1.82, 2.24) is 0 Å². The number of hydrogen-bond acceptors (Lipinski definition) is 5. The molecule has 1 aliphatic carbocycles. The lowest BCUT2D eigenvalue weighted by Crippen LogP contribution is -2.49. The van der Waals surface area contributed by atoms with Gasteiger partial charge in [-0.2, -0.15) is 24.4 Å². The lowest BCUT2D eigenvalue weighted by molar-refractivity contribution is -0.165. The van der Waals surface area contributed by atoms with Crippen LogP contribution in [0.3, 0.4) is 0 Å². The molecule has 1 aliphatic rings. The zero-order chi connectivity index (χ0) is 16.2. The maximum atomic E-state index is 12.3. The second-order valence-corrected chi connectivity index (χ2v) is 8.44. The van der Waals surface area contributed by atoms with Gasteiger partial charge in [-0.05, 0) is 38.4 Å². The Morgan fingerprint density at radius 1 is 1.48 bits per heavy atom. The first kappa shape index (κ1) is 18.6. The van der Waals surface area contributed by atoms with E-state index in [1.807, 2.05) is 18.7 Å². The van der Waals surface area contributed by atoms with Gasteiger partial charge in [0.1, 0.15) is 11.4 Å².